The van der Waals surface area contributed by atoms with E-state index in [4.69, 9.17) is 10.5 Å². The molecule has 1 saturated heterocycles. The topological polar surface area (TPSA) is 103 Å². The number of hydrogen-bond acceptors (Lipinski definition) is 5. The summed E-state index contributed by atoms with van der Waals surface area (Å²) >= 11 is 0. The molecule has 0 unspecified atom stereocenters. The molecule has 0 radical (unpaired) electrons. The molecule has 138 valence electrons. The van der Waals surface area contributed by atoms with Crippen LogP contribution >= 0.6 is 0 Å². The van der Waals surface area contributed by atoms with Crippen molar-refractivity contribution in [3.8, 4) is 17.9 Å². The van der Waals surface area contributed by atoms with Crippen molar-refractivity contribution in [3.05, 3.63) is 71.4 Å². The largest absolute Gasteiger partial charge is 0.497 e. The first-order chi connectivity index (χ1) is 13.6. The van der Waals surface area contributed by atoms with Gasteiger partial charge in [0, 0.05) is 12.1 Å². The van der Waals surface area contributed by atoms with Crippen molar-refractivity contribution in [1.82, 2.24) is 4.90 Å². The fraction of sp³-hybridized carbons (Fsp3) is 0.227. The van der Waals surface area contributed by atoms with Gasteiger partial charge in [-0.1, -0.05) is 36.4 Å². The molecule has 0 aliphatic carbocycles. The molecule has 2 aliphatic rings. The van der Waals surface area contributed by atoms with E-state index < -0.39 is 29.3 Å². The predicted molar refractivity (Wildman–Crippen MR) is 102 cm³/mol. The van der Waals surface area contributed by atoms with Crippen LogP contribution in [0.5, 0.6) is 5.75 Å². The Balaban J connectivity index is 1.97. The van der Waals surface area contributed by atoms with Gasteiger partial charge in [0.15, 0.2) is 5.41 Å². The quantitative estimate of drug-likeness (QED) is 0.895. The van der Waals surface area contributed by atoms with E-state index in [0.29, 0.717) is 11.3 Å². The molecule has 6 nitrogen and oxygen atoms in total. The van der Waals surface area contributed by atoms with E-state index in [1.807, 2.05) is 30.3 Å². The Kier molecular flexibility index (Phi) is 4.05. The summed E-state index contributed by atoms with van der Waals surface area (Å²) in [6.45, 7) is 0. The van der Waals surface area contributed by atoms with Crippen molar-refractivity contribution in [1.29, 1.82) is 10.5 Å². The third-order valence-corrected chi connectivity index (χ3v) is 5.71. The van der Waals surface area contributed by atoms with Gasteiger partial charge in [-0.2, -0.15) is 10.5 Å². The standard InChI is InChI=1S/C22H18N4O2/c1-28-16-8-6-15(7-9-16)18-19(21(25)27)26-11-10-14-4-2-3-5-17(14)20(26)22(18,12-23)13-24/h2-11,18-20H,1H3,(H2,25,27)/t18-,19+,20-/m0/s1. The molecule has 0 spiro atoms. The minimum absolute atomic E-state index is 0.567. The lowest BCUT2D eigenvalue weighted by Crippen LogP contribution is -2.41. The minimum Gasteiger partial charge on any atom is -0.497 e. The van der Waals surface area contributed by atoms with E-state index in [1.165, 1.54) is 0 Å². The first-order valence-corrected chi connectivity index (χ1v) is 8.87. The zero-order valence-corrected chi connectivity index (χ0v) is 15.2. The number of benzene rings is 2. The van der Waals surface area contributed by atoms with Crippen molar-refractivity contribution >= 4 is 12.0 Å². The maximum absolute atomic E-state index is 12.5. The molecule has 0 bridgehead atoms. The molecule has 0 saturated carbocycles. The summed E-state index contributed by atoms with van der Waals surface area (Å²) in [5, 5.41) is 20.4. The van der Waals surface area contributed by atoms with Crippen molar-refractivity contribution in [3.63, 3.8) is 0 Å². The second kappa shape index (κ2) is 6.44. The average molecular weight is 370 g/mol. The van der Waals surface area contributed by atoms with Crippen LogP contribution in [0.2, 0.25) is 0 Å². The smallest absolute Gasteiger partial charge is 0.240 e. The number of fused-ring (bicyclic) bond motifs is 3. The Morgan fingerprint density at radius 2 is 1.82 bits per heavy atom. The fourth-order valence-electron chi connectivity index (χ4n) is 4.50. The van der Waals surface area contributed by atoms with Gasteiger partial charge in [0.1, 0.15) is 11.8 Å². The molecule has 6 heteroatoms. The number of nitrogens with two attached hydrogens (primary N) is 1. The van der Waals surface area contributed by atoms with E-state index in [0.717, 1.165) is 11.1 Å². The molecule has 2 N–H and O–H groups in total. The van der Waals surface area contributed by atoms with Crippen molar-refractivity contribution in [2.75, 3.05) is 7.11 Å². The van der Waals surface area contributed by atoms with E-state index in [9.17, 15) is 15.3 Å². The maximum atomic E-state index is 12.5. The van der Waals surface area contributed by atoms with Crippen LogP contribution < -0.4 is 10.5 Å². The zero-order valence-electron chi connectivity index (χ0n) is 15.2. The lowest BCUT2D eigenvalue weighted by molar-refractivity contribution is -0.122. The number of nitriles is 2. The second-order valence-electron chi connectivity index (χ2n) is 6.99. The van der Waals surface area contributed by atoms with E-state index in [1.54, 1.807) is 42.5 Å². The van der Waals surface area contributed by atoms with Gasteiger partial charge < -0.3 is 15.4 Å². The Morgan fingerprint density at radius 1 is 1.14 bits per heavy atom. The second-order valence-corrected chi connectivity index (χ2v) is 6.99. The lowest BCUT2D eigenvalue weighted by atomic mass is 9.68. The Morgan fingerprint density at radius 3 is 2.43 bits per heavy atom. The molecule has 0 aromatic heterocycles. The van der Waals surface area contributed by atoms with Gasteiger partial charge in [-0.15, -0.1) is 0 Å². The molecule has 2 aromatic rings. The summed E-state index contributed by atoms with van der Waals surface area (Å²) < 4.78 is 5.21. The average Bonchev–Trinajstić information content (AvgIpc) is 3.05. The van der Waals surface area contributed by atoms with Crippen LogP contribution in [0, 0.1) is 28.1 Å². The van der Waals surface area contributed by atoms with Gasteiger partial charge in [0.25, 0.3) is 0 Å². The Labute approximate surface area is 163 Å². The maximum Gasteiger partial charge on any atom is 0.240 e. The Bertz CT molecular complexity index is 1030. The van der Waals surface area contributed by atoms with Gasteiger partial charge in [-0.25, -0.2) is 0 Å². The monoisotopic (exact) mass is 370 g/mol. The van der Waals surface area contributed by atoms with Gasteiger partial charge in [-0.05, 0) is 34.9 Å². The van der Waals surface area contributed by atoms with Crippen LogP contribution in [0.3, 0.4) is 0 Å². The highest BCUT2D eigenvalue weighted by molar-refractivity contribution is 5.83. The van der Waals surface area contributed by atoms with Crippen LogP contribution in [-0.2, 0) is 4.79 Å². The highest BCUT2D eigenvalue weighted by Gasteiger charge is 2.63. The number of primary amides is 1. The zero-order chi connectivity index (χ0) is 19.9. The van der Waals surface area contributed by atoms with Gasteiger partial charge in [-0.3, -0.25) is 4.79 Å². The highest BCUT2D eigenvalue weighted by Crippen LogP contribution is 2.59. The normalized spacial score (nSPS) is 23.8. The number of amides is 1. The molecular formula is C22H18N4O2. The predicted octanol–water partition coefficient (Wildman–Crippen LogP) is 2.71. The van der Waals surface area contributed by atoms with Crippen LogP contribution in [0.25, 0.3) is 6.08 Å². The number of hydrogen-bond donors (Lipinski definition) is 1. The molecule has 28 heavy (non-hydrogen) atoms. The SMILES string of the molecule is COc1ccc([C@H]2[C@H](C(N)=O)N3C=Cc4ccccc4[C@H]3C2(C#N)C#N)cc1. The van der Waals surface area contributed by atoms with E-state index in [2.05, 4.69) is 12.1 Å². The molecule has 2 heterocycles. The number of nitrogens with zero attached hydrogens (tertiary/aromatic N) is 3. The van der Waals surface area contributed by atoms with E-state index >= 15 is 0 Å². The van der Waals surface area contributed by atoms with Crippen LogP contribution in [0.1, 0.15) is 28.7 Å². The summed E-state index contributed by atoms with van der Waals surface area (Å²) in [6.07, 6.45) is 3.66. The number of carbonyl (C=O) groups excluding carboxylic acids is 1. The molecular weight excluding hydrogens is 352 g/mol. The molecule has 2 aliphatic heterocycles. The van der Waals surface area contributed by atoms with Crippen molar-refractivity contribution < 1.29 is 9.53 Å². The number of methoxy groups -OCH3 is 1. The summed E-state index contributed by atoms with van der Waals surface area (Å²) in [5.74, 6) is -0.617. The lowest BCUT2D eigenvalue weighted by Gasteiger charge is -2.34. The van der Waals surface area contributed by atoms with Crippen molar-refractivity contribution in [2.45, 2.75) is 18.0 Å². The summed E-state index contributed by atoms with van der Waals surface area (Å²) in [4.78, 5) is 14.3. The van der Waals surface area contributed by atoms with Crippen LogP contribution in [-0.4, -0.2) is 24.0 Å². The van der Waals surface area contributed by atoms with Gasteiger partial charge >= 0.3 is 0 Å². The molecule has 1 fully saturated rings. The summed E-state index contributed by atoms with van der Waals surface area (Å²) in [6, 6.07) is 17.8. The van der Waals surface area contributed by atoms with Gasteiger partial charge in [0.05, 0.1) is 25.3 Å². The molecule has 4 rings (SSSR count). The highest BCUT2D eigenvalue weighted by atomic mass is 16.5. The first kappa shape index (κ1) is 17.6. The van der Waals surface area contributed by atoms with Crippen LogP contribution in [0.4, 0.5) is 0 Å². The molecule has 1 amide bonds. The summed E-state index contributed by atoms with van der Waals surface area (Å²) in [5.41, 5.74) is 6.78. The number of carbonyl (C=O) groups is 1. The third-order valence-electron chi connectivity index (χ3n) is 5.71. The Hall–Kier alpha value is -3.77. The van der Waals surface area contributed by atoms with Gasteiger partial charge in [0.2, 0.25) is 5.91 Å². The number of rotatable bonds is 3. The van der Waals surface area contributed by atoms with Crippen LogP contribution in [0.15, 0.2) is 54.7 Å². The summed E-state index contributed by atoms with van der Waals surface area (Å²) in [7, 11) is 1.56. The number of ether oxygens (including phenoxy) is 1. The van der Waals surface area contributed by atoms with Crippen molar-refractivity contribution in [2.24, 2.45) is 11.1 Å². The fourth-order valence-corrected chi connectivity index (χ4v) is 4.50. The van der Waals surface area contributed by atoms with E-state index in [-0.39, 0.29) is 0 Å². The first-order valence-electron chi connectivity index (χ1n) is 8.87. The molecule has 2 aromatic carbocycles. The third kappa shape index (κ3) is 2.28. The molecule has 3 atom stereocenters. The minimum atomic E-state index is -1.48.